The predicted molar refractivity (Wildman–Crippen MR) is 23.3 cm³/mol. The van der Waals surface area contributed by atoms with Gasteiger partial charge in [0, 0.05) is 0 Å². The van der Waals surface area contributed by atoms with Crippen molar-refractivity contribution in [3.63, 3.8) is 0 Å². The van der Waals surface area contributed by atoms with Gasteiger partial charge in [0.2, 0.25) is 0 Å². The SMILES string of the molecule is CC(O)CO[C]=O. The molecular weight excluding hydrogens is 96.0 g/mol. The molecular formula is C4H7O3. The van der Waals surface area contributed by atoms with E-state index in [9.17, 15) is 4.79 Å². The van der Waals surface area contributed by atoms with Gasteiger partial charge in [-0.15, -0.1) is 0 Å². The lowest BCUT2D eigenvalue weighted by atomic mass is 10.5. The van der Waals surface area contributed by atoms with Gasteiger partial charge in [0.1, 0.15) is 6.61 Å². The highest BCUT2D eigenvalue weighted by Gasteiger charge is 1.91. The van der Waals surface area contributed by atoms with Crippen molar-refractivity contribution < 1.29 is 14.6 Å². The third kappa shape index (κ3) is 5.43. The van der Waals surface area contributed by atoms with Crippen molar-refractivity contribution in [2.45, 2.75) is 13.0 Å². The van der Waals surface area contributed by atoms with E-state index in [1.165, 1.54) is 13.4 Å². The van der Waals surface area contributed by atoms with E-state index in [4.69, 9.17) is 5.11 Å². The number of rotatable bonds is 3. The Labute approximate surface area is 41.9 Å². The molecule has 0 bridgehead atoms. The lowest BCUT2D eigenvalue weighted by Gasteiger charge is -1.96. The number of hydrogen-bond donors (Lipinski definition) is 1. The van der Waals surface area contributed by atoms with E-state index in [1.54, 1.807) is 0 Å². The Morgan fingerprint density at radius 2 is 2.57 bits per heavy atom. The van der Waals surface area contributed by atoms with E-state index >= 15 is 0 Å². The Hall–Kier alpha value is -0.570. The summed E-state index contributed by atoms with van der Waals surface area (Å²) in [5.74, 6) is 0. The van der Waals surface area contributed by atoms with Gasteiger partial charge in [0.05, 0.1) is 6.10 Å². The first kappa shape index (κ1) is 6.43. The smallest absolute Gasteiger partial charge is 0.417 e. The summed E-state index contributed by atoms with van der Waals surface area (Å²) in [5.41, 5.74) is 0. The number of hydrogen-bond acceptors (Lipinski definition) is 3. The van der Waals surface area contributed by atoms with Gasteiger partial charge < -0.3 is 9.84 Å². The van der Waals surface area contributed by atoms with Crippen molar-refractivity contribution in [3.8, 4) is 0 Å². The highest BCUT2D eigenvalue weighted by Crippen LogP contribution is 1.76. The van der Waals surface area contributed by atoms with Crippen LogP contribution in [0.3, 0.4) is 0 Å². The minimum atomic E-state index is -0.582. The summed E-state index contributed by atoms with van der Waals surface area (Å²) in [6.45, 7) is 2.75. The lowest BCUT2D eigenvalue weighted by molar-refractivity contribution is 0.113. The molecule has 1 N–H and O–H groups in total. The van der Waals surface area contributed by atoms with Gasteiger partial charge in [-0.25, -0.2) is 4.79 Å². The minimum Gasteiger partial charge on any atom is -0.455 e. The molecule has 0 aliphatic carbocycles. The zero-order valence-corrected chi connectivity index (χ0v) is 4.05. The van der Waals surface area contributed by atoms with E-state index in [0.29, 0.717) is 0 Å². The van der Waals surface area contributed by atoms with Crippen LogP contribution in [0.25, 0.3) is 0 Å². The number of ether oxygens (including phenoxy) is 1. The summed E-state index contributed by atoms with van der Waals surface area (Å²) in [4.78, 5) is 9.25. The summed E-state index contributed by atoms with van der Waals surface area (Å²) < 4.78 is 4.04. The van der Waals surface area contributed by atoms with Crippen molar-refractivity contribution in [2.75, 3.05) is 6.61 Å². The van der Waals surface area contributed by atoms with Crippen LogP contribution in [-0.4, -0.2) is 24.3 Å². The molecule has 3 nitrogen and oxygen atoms in total. The predicted octanol–water partition coefficient (Wildman–Crippen LogP) is -0.549. The maximum atomic E-state index is 9.25. The number of carbonyl (C=O) groups excluding carboxylic acids is 1. The van der Waals surface area contributed by atoms with Crippen LogP contribution < -0.4 is 0 Å². The van der Waals surface area contributed by atoms with Crippen molar-refractivity contribution in [1.82, 2.24) is 0 Å². The fourth-order valence-corrected chi connectivity index (χ4v) is 0.155. The molecule has 1 unspecified atom stereocenters. The second kappa shape index (κ2) is 3.61. The second-order valence-corrected chi connectivity index (χ2v) is 1.24. The van der Waals surface area contributed by atoms with Gasteiger partial charge in [0.15, 0.2) is 0 Å². The van der Waals surface area contributed by atoms with Gasteiger partial charge in [-0.05, 0) is 6.92 Å². The van der Waals surface area contributed by atoms with Crippen LogP contribution in [0.15, 0.2) is 0 Å². The van der Waals surface area contributed by atoms with Gasteiger partial charge in [0.25, 0.3) is 0 Å². The van der Waals surface area contributed by atoms with Crippen LogP contribution in [0.4, 0.5) is 0 Å². The summed E-state index contributed by atoms with van der Waals surface area (Å²) in [6, 6.07) is 0. The Morgan fingerprint density at radius 3 is 2.71 bits per heavy atom. The largest absolute Gasteiger partial charge is 0.455 e. The second-order valence-electron chi connectivity index (χ2n) is 1.24. The molecule has 0 rings (SSSR count). The van der Waals surface area contributed by atoms with E-state index < -0.39 is 6.10 Å². The fourth-order valence-electron chi connectivity index (χ4n) is 0.155. The Morgan fingerprint density at radius 1 is 2.00 bits per heavy atom. The standard InChI is InChI=1S/C4H7O3/c1-4(6)2-7-3-5/h4,6H,2H2,1H3. The summed E-state index contributed by atoms with van der Waals surface area (Å²) in [6.07, 6.45) is -0.582. The molecule has 0 fully saturated rings. The van der Waals surface area contributed by atoms with Crippen LogP contribution in [0.5, 0.6) is 0 Å². The monoisotopic (exact) mass is 103 g/mol. The molecule has 0 aliphatic rings. The molecule has 7 heavy (non-hydrogen) atoms. The quantitative estimate of drug-likeness (QED) is 0.521. The molecule has 41 valence electrons. The van der Waals surface area contributed by atoms with Gasteiger partial charge in [-0.2, -0.15) is 0 Å². The van der Waals surface area contributed by atoms with Crippen LogP contribution >= 0.6 is 0 Å². The molecule has 0 saturated carbocycles. The maximum Gasteiger partial charge on any atom is 0.417 e. The summed E-state index contributed by atoms with van der Waals surface area (Å²) in [5, 5.41) is 8.38. The van der Waals surface area contributed by atoms with E-state index in [2.05, 4.69) is 4.74 Å². The number of aliphatic hydroxyl groups excluding tert-OH is 1. The maximum absolute atomic E-state index is 9.25. The zero-order chi connectivity index (χ0) is 5.70. The first-order valence-electron chi connectivity index (χ1n) is 1.94. The minimum absolute atomic E-state index is 0.0312. The summed E-state index contributed by atoms with van der Waals surface area (Å²) in [7, 11) is 0. The normalized spacial score (nSPS) is 12.9. The van der Waals surface area contributed by atoms with Gasteiger partial charge in [-0.1, -0.05) is 0 Å². The number of aliphatic hydroxyl groups is 1. The molecule has 0 saturated heterocycles. The topological polar surface area (TPSA) is 46.5 Å². The Bertz CT molecular complexity index is 50.9. The molecule has 0 amide bonds. The van der Waals surface area contributed by atoms with Gasteiger partial charge in [-0.3, -0.25) is 0 Å². The molecule has 1 radical (unpaired) electrons. The Kier molecular flexibility index (Phi) is 3.32. The molecule has 0 aromatic heterocycles. The Balaban J connectivity index is 2.81. The van der Waals surface area contributed by atoms with Crippen LogP contribution in [0.1, 0.15) is 6.92 Å². The molecule has 0 aliphatic heterocycles. The van der Waals surface area contributed by atoms with Crippen molar-refractivity contribution in [3.05, 3.63) is 0 Å². The summed E-state index contributed by atoms with van der Waals surface area (Å²) >= 11 is 0. The highest BCUT2D eigenvalue weighted by atomic mass is 16.5. The first-order chi connectivity index (χ1) is 3.27. The molecule has 0 aromatic rings. The molecule has 0 aromatic carbocycles. The van der Waals surface area contributed by atoms with E-state index in [-0.39, 0.29) is 6.61 Å². The third-order valence-electron chi connectivity index (χ3n) is 0.383. The van der Waals surface area contributed by atoms with Crippen LogP contribution in [-0.2, 0) is 9.53 Å². The molecule has 1 atom stereocenters. The van der Waals surface area contributed by atoms with E-state index in [1.807, 2.05) is 0 Å². The molecule has 0 heterocycles. The van der Waals surface area contributed by atoms with E-state index in [0.717, 1.165) is 0 Å². The molecule has 3 heteroatoms. The van der Waals surface area contributed by atoms with Crippen LogP contribution in [0, 0.1) is 0 Å². The van der Waals surface area contributed by atoms with Gasteiger partial charge >= 0.3 is 6.47 Å². The molecule has 0 spiro atoms. The van der Waals surface area contributed by atoms with Crippen LogP contribution in [0.2, 0.25) is 0 Å². The average molecular weight is 103 g/mol. The highest BCUT2D eigenvalue weighted by molar-refractivity contribution is 5.38. The fraction of sp³-hybridized carbons (Fsp3) is 0.750. The first-order valence-corrected chi connectivity index (χ1v) is 1.94. The average Bonchev–Trinajstić information content (AvgIpc) is 1.61. The zero-order valence-electron chi connectivity index (χ0n) is 4.05. The third-order valence-corrected chi connectivity index (χ3v) is 0.383. The lowest BCUT2D eigenvalue weighted by Crippen LogP contribution is -2.08. The van der Waals surface area contributed by atoms with Crippen molar-refractivity contribution >= 4 is 6.47 Å². The van der Waals surface area contributed by atoms with Crippen molar-refractivity contribution in [2.24, 2.45) is 0 Å². The van der Waals surface area contributed by atoms with Crippen molar-refractivity contribution in [1.29, 1.82) is 0 Å².